The van der Waals surface area contributed by atoms with Gasteiger partial charge in [0.1, 0.15) is 0 Å². The van der Waals surface area contributed by atoms with E-state index in [9.17, 15) is 16.8 Å². The maximum atomic E-state index is 12.5. The van der Waals surface area contributed by atoms with E-state index in [1.165, 1.54) is 34.6 Å². The third-order valence-corrected chi connectivity index (χ3v) is 5.88. The highest BCUT2D eigenvalue weighted by Gasteiger charge is 2.37. The lowest BCUT2D eigenvalue weighted by Gasteiger charge is -2.20. The molecule has 0 unspecified atom stereocenters. The van der Waals surface area contributed by atoms with Crippen molar-refractivity contribution in [1.29, 1.82) is 0 Å². The minimum atomic E-state index is -3.82. The van der Waals surface area contributed by atoms with Crippen molar-refractivity contribution in [1.82, 2.24) is 4.31 Å². The first-order valence-corrected chi connectivity index (χ1v) is 9.01. The number of primary sulfonamides is 1. The molecule has 0 amide bonds. The highest BCUT2D eigenvalue weighted by molar-refractivity contribution is 7.89. The van der Waals surface area contributed by atoms with Crippen LogP contribution in [0.5, 0.6) is 0 Å². The molecule has 1 saturated carbocycles. The van der Waals surface area contributed by atoms with E-state index in [0.29, 0.717) is 0 Å². The fourth-order valence-electron chi connectivity index (χ4n) is 1.87. The van der Waals surface area contributed by atoms with Crippen LogP contribution in [-0.2, 0) is 20.0 Å². The van der Waals surface area contributed by atoms with E-state index in [0.717, 1.165) is 12.8 Å². The lowest BCUT2D eigenvalue weighted by molar-refractivity contribution is 0.436. The smallest absolute Gasteiger partial charge is 0.225 e. The fourth-order valence-corrected chi connectivity index (χ4v) is 4.04. The second-order valence-electron chi connectivity index (χ2n) is 4.61. The molecule has 0 bridgehead atoms. The predicted molar refractivity (Wildman–Crippen MR) is 74.9 cm³/mol. The standard InChI is InChI=1S/C12H16N2O4S2/c1-2-9-14(10-3-4-10)20(17,18)12-7-5-11(6-8-12)19(13,15)16/h2,5-8,10H,1,3-4,9H2,(H2,13,15,16). The van der Waals surface area contributed by atoms with Gasteiger partial charge in [0.25, 0.3) is 0 Å². The van der Waals surface area contributed by atoms with Crippen LogP contribution in [0.2, 0.25) is 0 Å². The largest absolute Gasteiger partial charge is 0.243 e. The highest BCUT2D eigenvalue weighted by atomic mass is 32.2. The van der Waals surface area contributed by atoms with Crippen molar-refractivity contribution >= 4 is 20.0 Å². The summed E-state index contributed by atoms with van der Waals surface area (Å²) in [6, 6.07) is 4.92. The van der Waals surface area contributed by atoms with Gasteiger partial charge in [0.2, 0.25) is 20.0 Å². The van der Waals surface area contributed by atoms with Crippen LogP contribution >= 0.6 is 0 Å². The molecule has 0 aromatic heterocycles. The zero-order valence-corrected chi connectivity index (χ0v) is 12.4. The minimum Gasteiger partial charge on any atom is -0.225 e. The monoisotopic (exact) mass is 316 g/mol. The second kappa shape index (κ2) is 5.28. The molecular formula is C12H16N2O4S2. The van der Waals surface area contributed by atoms with E-state index in [1.54, 1.807) is 0 Å². The Balaban J connectivity index is 2.36. The molecule has 2 N–H and O–H groups in total. The normalized spacial score (nSPS) is 16.3. The van der Waals surface area contributed by atoms with E-state index in [4.69, 9.17) is 5.14 Å². The van der Waals surface area contributed by atoms with Crippen LogP contribution in [0.3, 0.4) is 0 Å². The Bertz CT molecular complexity index is 704. The molecule has 8 heteroatoms. The Labute approximate surface area is 119 Å². The summed E-state index contributed by atoms with van der Waals surface area (Å²) in [6.45, 7) is 3.80. The van der Waals surface area contributed by atoms with E-state index in [2.05, 4.69) is 6.58 Å². The zero-order chi connectivity index (χ0) is 15.0. The van der Waals surface area contributed by atoms with E-state index >= 15 is 0 Å². The Morgan fingerprint density at radius 2 is 1.65 bits per heavy atom. The maximum Gasteiger partial charge on any atom is 0.243 e. The van der Waals surface area contributed by atoms with Crippen molar-refractivity contribution in [2.24, 2.45) is 5.14 Å². The first-order valence-electron chi connectivity index (χ1n) is 6.02. The average Bonchev–Trinajstić information content (AvgIpc) is 3.19. The van der Waals surface area contributed by atoms with Crippen molar-refractivity contribution in [3.05, 3.63) is 36.9 Å². The summed E-state index contributed by atoms with van der Waals surface area (Å²) in [4.78, 5) is -0.0585. The first kappa shape index (κ1) is 15.2. The molecule has 0 heterocycles. The van der Waals surface area contributed by atoms with Crippen LogP contribution in [0, 0.1) is 0 Å². The van der Waals surface area contributed by atoms with E-state index < -0.39 is 20.0 Å². The van der Waals surface area contributed by atoms with Crippen LogP contribution in [0.25, 0.3) is 0 Å². The summed E-state index contributed by atoms with van der Waals surface area (Å²) in [5.74, 6) is 0. The van der Waals surface area contributed by atoms with Gasteiger partial charge in [-0.1, -0.05) is 6.08 Å². The topological polar surface area (TPSA) is 97.5 Å². The summed E-state index contributed by atoms with van der Waals surface area (Å²) < 4.78 is 48.6. The SMILES string of the molecule is C=CCN(C1CC1)S(=O)(=O)c1ccc(S(N)(=O)=O)cc1. The fraction of sp³-hybridized carbons (Fsp3) is 0.333. The van der Waals surface area contributed by atoms with Gasteiger partial charge in [-0.05, 0) is 37.1 Å². The Morgan fingerprint density at radius 3 is 2.05 bits per heavy atom. The van der Waals surface area contributed by atoms with Crippen molar-refractivity contribution in [2.45, 2.75) is 28.7 Å². The third kappa shape index (κ3) is 3.09. The van der Waals surface area contributed by atoms with Gasteiger partial charge < -0.3 is 0 Å². The summed E-state index contributed by atoms with van der Waals surface area (Å²) in [5, 5.41) is 4.98. The molecule has 1 aliphatic carbocycles. The molecule has 6 nitrogen and oxygen atoms in total. The van der Waals surface area contributed by atoms with Crippen molar-refractivity contribution < 1.29 is 16.8 Å². The summed E-state index contributed by atoms with van der Waals surface area (Å²) in [5.41, 5.74) is 0. The molecular weight excluding hydrogens is 300 g/mol. The molecule has 0 radical (unpaired) electrons. The van der Waals surface area contributed by atoms with Crippen LogP contribution in [-0.4, -0.2) is 33.7 Å². The van der Waals surface area contributed by atoms with Crippen LogP contribution < -0.4 is 5.14 Å². The lowest BCUT2D eigenvalue weighted by Crippen LogP contribution is -2.33. The number of rotatable bonds is 6. The van der Waals surface area contributed by atoms with Crippen molar-refractivity contribution in [3.8, 4) is 0 Å². The van der Waals surface area contributed by atoms with Gasteiger partial charge in [-0.2, -0.15) is 4.31 Å². The molecule has 0 saturated heterocycles. The Hall–Kier alpha value is -1.22. The summed E-state index contributed by atoms with van der Waals surface area (Å²) in [6.07, 6.45) is 3.21. The van der Waals surface area contributed by atoms with E-state index in [1.807, 2.05) is 0 Å². The third-order valence-electron chi connectivity index (χ3n) is 3.02. The van der Waals surface area contributed by atoms with Crippen LogP contribution in [0.15, 0.2) is 46.7 Å². The Morgan fingerprint density at radius 1 is 1.15 bits per heavy atom. The molecule has 0 atom stereocenters. The number of nitrogens with two attached hydrogens (primary N) is 1. The summed E-state index contributed by atoms with van der Waals surface area (Å²) in [7, 11) is -7.46. The molecule has 1 aromatic rings. The number of hydrogen-bond acceptors (Lipinski definition) is 4. The lowest BCUT2D eigenvalue weighted by atomic mass is 10.4. The maximum absolute atomic E-state index is 12.5. The molecule has 20 heavy (non-hydrogen) atoms. The molecule has 1 fully saturated rings. The molecule has 2 rings (SSSR count). The minimum absolute atomic E-state index is 0.0101. The van der Waals surface area contributed by atoms with Gasteiger partial charge in [-0.3, -0.25) is 0 Å². The number of nitrogens with zero attached hydrogens (tertiary/aromatic N) is 1. The van der Waals surface area contributed by atoms with Gasteiger partial charge in [0.05, 0.1) is 9.79 Å². The molecule has 110 valence electrons. The molecule has 1 aromatic carbocycles. The Kier molecular flexibility index (Phi) is 4.01. The molecule has 0 spiro atoms. The number of hydrogen-bond donors (Lipinski definition) is 1. The molecule has 0 aliphatic heterocycles. The number of sulfonamides is 2. The van der Waals surface area contributed by atoms with Gasteiger partial charge in [0.15, 0.2) is 0 Å². The van der Waals surface area contributed by atoms with Gasteiger partial charge in [-0.15, -0.1) is 6.58 Å². The van der Waals surface area contributed by atoms with Gasteiger partial charge >= 0.3 is 0 Å². The first-order chi connectivity index (χ1) is 9.26. The zero-order valence-electron chi connectivity index (χ0n) is 10.8. The van der Waals surface area contributed by atoms with Gasteiger partial charge in [-0.25, -0.2) is 22.0 Å². The molecule has 1 aliphatic rings. The summed E-state index contributed by atoms with van der Waals surface area (Å²) >= 11 is 0. The van der Waals surface area contributed by atoms with Crippen molar-refractivity contribution in [2.75, 3.05) is 6.54 Å². The second-order valence-corrected chi connectivity index (χ2v) is 8.06. The van der Waals surface area contributed by atoms with Crippen LogP contribution in [0.1, 0.15) is 12.8 Å². The van der Waals surface area contributed by atoms with Crippen molar-refractivity contribution in [3.63, 3.8) is 0 Å². The highest BCUT2D eigenvalue weighted by Crippen LogP contribution is 2.32. The van der Waals surface area contributed by atoms with E-state index in [-0.39, 0.29) is 22.4 Å². The number of benzene rings is 1. The predicted octanol–water partition coefficient (Wildman–Crippen LogP) is 0.673. The quantitative estimate of drug-likeness (QED) is 0.780. The average molecular weight is 316 g/mol. The van der Waals surface area contributed by atoms with Crippen LogP contribution in [0.4, 0.5) is 0 Å². The van der Waals surface area contributed by atoms with Gasteiger partial charge in [0, 0.05) is 12.6 Å².